The normalized spacial score (nSPS) is 24.1. The number of carbonyl (C=O) groups excluding carboxylic acids is 1. The Balaban J connectivity index is 1.93. The van der Waals surface area contributed by atoms with Crippen LogP contribution in [-0.4, -0.2) is 40.4 Å². The third-order valence-electron chi connectivity index (χ3n) is 4.47. The molecule has 2 aliphatic rings. The molecule has 1 aliphatic carbocycles. The average Bonchev–Trinajstić information content (AvgIpc) is 2.51. The van der Waals surface area contributed by atoms with Gasteiger partial charge in [-0.3, -0.25) is 4.79 Å². The Morgan fingerprint density at radius 1 is 1.14 bits per heavy atom. The lowest BCUT2D eigenvalue weighted by molar-refractivity contribution is -0.127. The number of β-amino-alcohol motifs (C(OH)–C–C–N with tert-alkyl or cyclic N) is 1. The number of amidine groups is 1. The second-order valence-corrected chi connectivity index (χ2v) is 6.10. The van der Waals surface area contributed by atoms with E-state index < -0.39 is 12.0 Å². The molecular weight excluding hydrogens is 264 g/mol. The summed E-state index contributed by atoms with van der Waals surface area (Å²) in [6.45, 7) is 2.41. The minimum Gasteiger partial charge on any atom is -0.381 e. The monoisotopic (exact) mass is 286 g/mol. The van der Waals surface area contributed by atoms with Gasteiger partial charge in [-0.1, -0.05) is 49.1 Å². The molecule has 4 heteroatoms. The predicted molar refractivity (Wildman–Crippen MR) is 82.3 cm³/mol. The molecule has 0 radical (unpaired) electrons. The molecule has 1 fully saturated rings. The summed E-state index contributed by atoms with van der Waals surface area (Å²) in [7, 11) is 0. The van der Waals surface area contributed by atoms with E-state index >= 15 is 0 Å². The van der Waals surface area contributed by atoms with Gasteiger partial charge in [0.15, 0.2) is 6.10 Å². The van der Waals surface area contributed by atoms with Crippen molar-refractivity contribution in [3.63, 3.8) is 0 Å². The molecule has 21 heavy (non-hydrogen) atoms. The maximum atomic E-state index is 11.8. The zero-order chi connectivity index (χ0) is 14.8. The van der Waals surface area contributed by atoms with Crippen LogP contribution >= 0.6 is 0 Å². The standard InChI is InChI=1S/C17H22N2O2/c1-12-7-9-13(10-8-12)16-18-17(21)15(20)11-19(16)14-5-3-2-4-6-14/h7-10,14-15,20H,2-6,11H2,1H3. The third kappa shape index (κ3) is 3.00. The van der Waals surface area contributed by atoms with Crippen molar-refractivity contribution in [2.24, 2.45) is 4.99 Å². The fourth-order valence-corrected chi connectivity index (χ4v) is 3.24. The summed E-state index contributed by atoms with van der Waals surface area (Å²) in [6.07, 6.45) is 4.96. The summed E-state index contributed by atoms with van der Waals surface area (Å²) in [6, 6.07) is 8.48. The highest BCUT2D eigenvalue weighted by molar-refractivity contribution is 6.07. The smallest absolute Gasteiger partial charge is 0.278 e. The van der Waals surface area contributed by atoms with Crippen LogP contribution < -0.4 is 0 Å². The largest absolute Gasteiger partial charge is 0.381 e. The van der Waals surface area contributed by atoms with Crippen molar-refractivity contribution in [2.75, 3.05) is 6.54 Å². The van der Waals surface area contributed by atoms with Gasteiger partial charge in [0, 0.05) is 11.6 Å². The van der Waals surface area contributed by atoms with E-state index in [0.717, 1.165) is 24.2 Å². The highest BCUT2D eigenvalue weighted by atomic mass is 16.3. The number of aliphatic imine (C=N–C) groups is 1. The number of benzene rings is 1. The molecule has 1 N–H and O–H groups in total. The van der Waals surface area contributed by atoms with Crippen LogP contribution in [-0.2, 0) is 4.79 Å². The number of aliphatic hydroxyl groups excluding tert-OH is 1. The zero-order valence-electron chi connectivity index (χ0n) is 12.5. The number of hydrogen-bond donors (Lipinski definition) is 1. The van der Waals surface area contributed by atoms with E-state index in [1.807, 2.05) is 31.2 Å². The first-order chi connectivity index (χ1) is 10.1. The van der Waals surface area contributed by atoms with Crippen LogP contribution in [0.3, 0.4) is 0 Å². The van der Waals surface area contributed by atoms with E-state index in [1.54, 1.807) is 0 Å². The van der Waals surface area contributed by atoms with Crippen molar-refractivity contribution in [3.05, 3.63) is 35.4 Å². The van der Waals surface area contributed by atoms with Crippen molar-refractivity contribution in [1.29, 1.82) is 0 Å². The number of carbonyl (C=O) groups is 1. The maximum Gasteiger partial charge on any atom is 0.278 e. The second kappa shape index (κ2) is 5.98. The number of hydrogen-bond acceptors (Lipinski definition) is 3. The number of aliphatic hydroxyl groups is 1. The van der Waals surface area contributed by atoms with Gasteiger partial charge in [-0.15, -0.1) is 0 Å². The summed E-state index contributed by atoms with van der Waals surface area (Å²) < 4.78 is 0. The highest BCUT2D eigenvalue weighted by Crippen LogP contribution is 2.26. The van der Waals surface area contributed by atoms with E-state index in [0.29, 0.717) is 12.6 Å². The summed E-state index contributed by atoms with van der Waals surface area (Å²) in [5, 5.41) is 9.89. The molecule has 1 aliphatic heterocycles. The number of rotatable bonds is 2. The molecule has 1 aromatic rings. The van der Waals surface area contributed by atoms with Gasteiger partial charge in [0.25, 0.3) is 5.91 Å². The molecule has 0 bridgehead atoms. The van der Waals surface area contributed by atoms with Gasteiger partial charge in [0.1, 0.15) is 5.84 Å². The van der Waals surface area contributed by atoms with Gasteiger partial charge in [0.05, 0.1) is 6.54 Å². The lowest BCUT2D eigenvalue weighted by Gasteiger charge is -2.39. The Labute approximate surface area is 125 Å². The van der Waals surface area contributed by atoms with Crippen molar-refractivity contribution >= 4 is 11.7 Å². The SMILES string of the molecule is Cc1ccc(C2=NC(=O)C(O)CN2C2CCCCC2)cc1. The van der Waals surface area contributed by atoms with Crippen molar-refractivity contribution in [3.8, 4) is 0 Å². The lowest BCUT2D eigenvalue weighted by Crippen LogP contribution is -2.51. The molecule has 3 rings (SSSR count). The van der Waals surface area contributed by atoms with E-state index in [4.69, 9.17) is 0 Å². The quantitative estimate of drug-likeness (QED) is 0.907. The molecule has 112 valence electrons. The van der Waals surface area contributed by atoms with Gasteiger partial charge in [-0.05, 0) is 19.8 Å². The highest BCUT2D eigenvalue weighted by Gasteiger charge is 2.33. The summed E-state index contributed by atoms with van der Waals surface area (Å²) >= 11 is 0. The molecule has 0 saturated heterocycles. The van der Waals surface area contributed by atoms with Gasteiger partial charge >= 0.3 is 0 Å². The second-order valence-electron chi connectivity index (χ2n) is 6.10. The average molecular weight is 286 g/mol. The van der Waals surface area contributed by atoms with Crippen molar-refractivity contribution < 1.29 is 9.90 Å². The number of nitrogens with zero attached hydrogens (tertiary/aromatic N) is 2. The van der Waals surface area contributed by atoms with Crippen LogP contribution in [0.5, 0.6) is 0 Å². The third-order valence-corrected chi connectivity index (χ3v) is 4.47. The maximum absolute atomic E-state index is 11.8. The van der Waals surface area contributed by atoms with Crippen LogP contribution in [0.25, 0.3) is 0 Å². The molecule has 4 nitrogen and oxygen atoms in total. The van der Waals surface area contributed by atoms with E-state index in [1.165, 1.54) is 24.8 Å². The summed E-state index contributed by atoms with van der Waals surface area (Å²) in [4.78, 5) is 18.1. The molecule has 1 amide bonds. The van der Waals surface area contributed by atoms with Crippen molar-refractivity contribution in [1.82, 2.24) is 4.90 Å². The fourth-order valence-electron chi connectivity index (χ4n) is 3.24. The Morgan fingerprint density at radius 2 is 1.81 bits per heavy atom. The molecule has 1 unspecified atom stereocenters. The van der Waals surface area contributed by atoms with E-state index in [-0.39, 0.29) is 0 Å². The minimum absolute atomic E-state index is 0.371. The molecule has 1 saturated carbocycles. The lowest BCUT2D eigenvalue weighted by atomic mass is 9.92. The van der Waals surface area contributed by atoms with Crippen LogP contribution in [0, 0.1) is 6.92 Å². The molecule has 1 heterocycles. The molecular formula is C17H22N2O2. The number of amides is 1. The zero-order valence-corrected chi connectivity index (χ0v) is 12.5. The van der Waals surface area contributed by atoms with E-state index in [2.05, 4.69) is 9.89 Å². The molecule has 0 spiro atoms. The molecule has 1 aromatic carbocycles. The van der Waals surface area contributed by atoms with Gasteiger partial charge in [-0.25, -0.2) is 0 Å². The van der Waals surface area contributed by atoms with E-state index in [9.17, 15) is 9.90 Å². The van der Waals surface area contributed by atoms with Crippen LogP contribution in [0.15, 0.2) is 29.3 Å². The van der Waals surface area contributed by atoms with Crippen LogP contribution in [0.4, 0.5) is 0 Å². The predicted octanol–water partition coefficient (Wildman–Crippen LogP) is 2.28. The fraction of sp³-hybridized carbons (Fsp3) is 0.529. The van der Waals surface area contributed by atoms with Crippen molar-refractivity contribution in [2.45, 2.75) is 51.2 Å². The molecule has 0 aromatic heterocycles. The first kappa shape index (κ1) is 14.3. The van der Waals surface area contributed by atoms with Crippen LogP contribution in [0.1, 0.15) is 43.2 Å². The summed E-state index contributed by atoms with van der Waals surface area (Å²) in [5.74, 6) is 0.315. The topological polar surface area (TPSA) is 52.9 Å². The number of aryl methyl sites for hydroxylation is 1. The first-order valence-corrected chi connectivity index (χ1v) is 7.79. The Kier molecular flexibility index (Phi) is 4.06. The minimum atomic E-state index is -0.985. The van der Waals surface area contributed by atoms with Gasteiger partial charge in [0.2, 0.25) is 0 Å². The van der Waals surface area contributed by atoms with Crippen LogP contribution in [0.2, 0.25) is 0 Å². The van der Waals surface area contributed by atoms with Gasteiger partial charge in [-0.2, -0.15) is 4.99 Å². The molecule has 1 atom stereocenters. The Morgan fingerprint density at radius 3 is 2.48 bits per heavy atom. The summed E-state index contributed by atoms with van der Waals surface area (Å²) in [5.41, 5.74) is 2.15. The first-order valence-electron chi connectivity index (χ1n) is 7.79. The Bertz CT molecular complexity index is 544. The Hall–Kier alpha value is -1.68. The van der Waals surface area contributed by atoms with Gasteiger partial charge < -0.3 is 10.0 Å².